The summed E-state index contributed by atoms with van der Waals surface area (Å²) in [6.07, 6.45) is 1.63. The zero-order chi connectivity index (χ0) is 9.26. The molecule has 0 radical (unpaired) electrons. The molecule has 1 amide bonds. The molecule has 13 heavy (non-hydrogen) atoms. The summed E-state index contributed by atoms with van der Waals surface area (Å²) in [6, 6.07) is 0. The number of aliphatic hydroxyl groups is 1. The highest BCUT2D eigenvalue weighted by Crippen LogP contribution is 2.11. The molecule has 0 saturated carbocycles. The highest BCUT2D eigenvalue weighted by Gasteiger charge is 2.26. The van der Waals surface area contributed by atoms with Crippen LogP contribution in [0.4, 0.5) is 0 Å². The third kappa shape index (κ3) is 1.52. The molecule has 1 aromatic rings. The molecule has 6 nitrogen and oxygen atoms in total. The van der Waals surface area contributed by atoms with Crippen molar-refractivity contribution >= 4 is 5.91 Å². The number of hydrogen-bond acceptors (Lipinski definition) is 4. The van der Waals surface area contributed by atoms with Crippen molar-refractivity contribution in [3.8, 4) is 0 Å². The first-order chi connectivity index (χ1) is 6.27. The zero-order valence-corrected chi connectivity index (χ0v) is 6.97. The van der Waals surface area contributed by atoms with Crippen LogP contribution >= 0.6 is 0 Å². The number of carbonyl (C=O) groups is 1. The van der Waals surface area contributed by atoms with E-state index in [2.05, 4.69) is 15.4 Å². The predicted molar refractivity (Wildman–Crippen MR) is 42.9 cm³/mol. The van der Waals surface area contributed by atoms with E-state index in [0.717, 1.165) is 0 Å². The van der Waals surface area contributed by atoms with Crippen LogP contribution < -0.4 is 0 Å². The molecule has 0 bridgehead atoms. The Morgan fingerprint density at radius 2 is 2.62 bits per heavy atom. The Labute approximate surface area is 74.6 Å². The average Bonchev–Trinajstić information content (AvgIpc) is 2.72. The van der Waals surface area contributed by atoms with E-state index in [1.807, 2.05) is 0 Å². The largest absolute Gasteiger partial charge is 0.391 e. The van der Waals surface area contributed by atoms with Crippen LogP contribution in [0.1, 0.15) is 16.9 Å². The average molecular weight is 182 g/mol. The van der Waals surface area contributed by atoms with Crippen molar-refractivity contribution in [2.45, 2.75) is 12.5 Å². The number of nitrogens with one attached hydrogen (secondary N) is 1. The monoisotopic (exact) mass is 182 g/mol. The van der Waals surface area contributed by atoms with E-state index in [0.29, 0.717) is 25.2 Å². The Morgan fingerprint density at radius 3 is 3.15 bits per heavy atom. The lowest BCUT2D eigenvalue weighted by atomic mass is 10.3. The van der Waals surface area contributed by atoms with Gasteiger partial charge in [0.25, 0.3) is 5.91 Å². The summed E-state index contributed by atoms with van der Waals surface area (Å²) in [5.74, 6) is -0.176. The van der Waals surface area contributed by atoms with Gasteiger partial charge in [0, 0.05) is 13.1 Å². The highest BCUT2D eigenvalue weighted by molar-refractivity contribution is 5.92. The fourth-order valence-electron chi connectivity index (χ4n) is 1.39. The maximum absolute atomic E-state index is 11.5. The van der Waals surface area contributed by atoms with Gasteiger partial charge < -0.3 is 10.0 Å². The number of rotatable bonds is 1. The Morgan fingerprint density at radius 1 is 1.77 bits per heavy atom. The van der Waals surface area contributed by atoms with Gasteiger partial charge in [-0.15, -0.1) is 0 Å². The minimum atomic E-state index is -0.393. The number of likely N-dealkylation sites (tertiary alicyclic amines) is 1. The van der Waals surface area contributed by atoms with E-state index in [-0.39, 0.29) is 5.91 Å². The van der Waals surface area contributed by atoms with Crippen molar-refractivity contribution in [3.05, 3.63) is 11.9 Å². The van der Waals surface area contributed by atoms with Gasteiger partial charge in [-0.2, -0.15) is 15.4 Å². The fraction of sp³-hybridized carbons (Fsp3) is 0.571. The zero-order valence-electron chi connectivity index (χ0n) is 6.97. The van der Waals surface area contributed by atoms with Gasteiger partial charge in [0.2, 0.25) is 0 Å². The summed E-state index contributed by atoms with van der Waals surface area (Å²) in [7, 11) is 0. The normalized spacial score (nSPS) is 22.2. The Bertz CT molecular complexity index is 297. The molecule has 2 N–H and O–H groups in total. The predicted octanol–water partition coefficient (Wildman–Crippen LogP) is -0.989. The number of β-amino-alcohol motifs (C(OH)–C–C–N with tert-alkyl or cyclic N) is 1. The standard InChI is InChI=1S/C7H10N4O2/c12-5-1-2-11(4-5)7(13)6-3-8-10-9-6/h3,5,12H,1-2,4H2,(H,8,9,10)/t5-/m1/s1. The molecule has 2 heterocycles. The number of hydrogen-bond donors (Lipinski definition) is 2. The minimum absolute atomic E-state index is 0.176. The van der Waals surface area contributed by atoms with Crippen LogP contribution in [0.2, 0.25) is 0 Å². The van der Waals surface area contributed by atoms with Gasteiger partial charge in [0.05, 0.1) is 12.3 Å². The molecule has 0 aliphatic carbocycles. The summed E-state index contributed by atoms with van der Waals surface area (Å²) < 4.78 is 0. The first-order valence-corrected chi connectivity index (χ1v) is 4.10. The maximum Gasteiger partial charge on any atom is 0.276 e. The van der Waals surface area contributed by atoms with Crippen molar-refractivity contribution in [1.29, 1.82) is 0 Å². The maximum atomic E-state index is 11.5. The van der Waals surface area contributed by atoms with Gasteiger partial charge in [0.1, 0.15) is 0 Å². The molecule has 0 unspecified atom stereocenters. The van der Waals surface area contributed by atoms with Gasteiger partial charge in [-0.3, -0.25) is 4.79 Å². The molecule has 1 aromatic heterocycles. The summed E-state index contributed by atoms with van der Waals surface area (Å²) in [4.78, 5) is 13.1. The van der Waals surface area contributed by atoms with Gasteiger partial charge in [-0.25, -0.2) is 0 Å². The number of aromatic nitrogens is 3. The molecule has 70 valence electrons. The summed E-state index contributed by atoms with van der Waals surface area (Å²) >= 11 is 0. The number of aromatic amines is 1. The lowest BCUT2D eigenvalue weighted by molar-refractivity contribution is 0.0759. The molecular formula is C7H10N4O2. The number of H-pyrrole nitrogens is 1. The summed E-state index contributed by atoms with van der Waals surface area (Å²) in [6.45, 7) is 0.985. The fourth-order valence-corrected chi connectivity index (χ4v) is 1.39. The molecule has 1 fully saturated rings. The van der Waals surface area contributed by atoms with Gasteiger partial charge in [0.15, 0.2) is 5.69 Å². The van der Waals surface area contributed by atoms with Crippen LogP contribution in [0.25, 0.3) is 0 Å². The van der Waals surface area contributed by atoms with Crippen molar-refractivity contribution in [3.63, 3.8) is 0 Å². The molecule has 0 spiro atoms. The van der Waals surface area contributed by atoms with Crippen LogP contribution in [0.5, 0.6) is 0 Å². The molecular weight excluding hydrogens is 172 g/mol. The molecule has 0 aromatic carbocycles. The Balaban J connectivity index is 2.06. The number of aliphatic hydroxyl groups excluding tert-OH is 1. The first-order valence-electron chi connectivity index (χ1n) is 4.10. The second-order valence-electron chi connectivity index (χ2n) is 3.05. The van der Waals surface area contributed by atoms with E-state index in [4.69, 9.17) is 0 Å². The molecule has 1 aliphatic heterocycles. The van der Waals surface area contributed by atoms with Gasteiger partial charge in [-0.05, 0) is 6.42 Å². The number of amides is 1. The van der Waals surface area contributed by atoms with Crippen LogP contribution in [-0.2, 0) is 0 Å². The molecule has 1 aliphatic rings. The quantitative estimate of drug-likeness (QED) is 0.584. The first kappa shape index (κ1) is 8.18. The lowest BCUT2D eigenvalue weighted by Crippen LogP contribution is -2.29. The van der Waals surface area contributed by atoms with Crippen LogP contribution in [0, 0.1) is 0 Å². The third-order valence-electron chi connectivity index (χ3n) is 2.08. The second kappa shape index (κ2) is 3.14. The topological polar surface area (TPSA) is 82.1 Å². The van der Waals surface area contributed by atoms with Crippen molar-refractivity contribution in [2.24, 2.45) is 0 Å². The van der Waals surface area contributed by atoms with Crippen molar-refractivity contribution < 1.29 is 9.90 Å². The molecule has 6 heteroatoms. The van der Waals surface area contributed by atoms with Crippen molar-refractivity contribution in [2.75, 3.05) is 13.1 Å². The SMILES string of the molecule is O=C(c1cn[nH]n1)N1CC[C@@H](O)C1. The molecule has 2 rings (SSSR count). The molecule has 1 saturated heterocycles. The lowest BCUT2D eigenvalue weighted by Gasteiger charge is -2.12. The van der Waals surface area contributed by atoms with Gasteiger partial charge >= 0.3 is 0 Å². The smallest absolute Gasteiger partial charge is 0.276 e. The van der Waals surface area contributed by atoms with E-state index in [1.54, 1.807) is 4.90 Å². The number of nitrogens with zero attached hydrogens (tertiary/aromatic N) is 3. The van der Waals surface area contributed by atoms with Crippen molar-refractivity contribution in [1.82, 2.24) is 20.3 Å². The van der Waals surface area contributed by atoms with E-state index in [9.17, 15) is 9.90 Å². The molecule has 1 atom stereocenters. The van der Waals surface area contributed by atoms with Crippen LogP contribution in [0.3, 0.4) is 0 Å². The van der Waals surface area contributed by atoms with E-state index in [1.165, 1.54) is 6.20 Å². The number of carbonyl (C=O) groups excluding carboxylic acids is 1. The highest BCUT2D eigenvalue weighted by atomic mass is 16.3. The minimum Gasteiger partial charge on any atom is -0.391 e. The van der Waals surface area contributed by atoms with E-state index < -0.39 is 6.10 Å². The second-order valence-corrected chi connectivity index (χ2v) is 3.05. The van der Waals surface area contributed by atoms with E-state index >= 15 is 0 Å². The van der Waals surface area contributed by atoms with Gasteiger partial charge in [-0.1, -0.05) is 0 Å². The third-order valence-corrected chi connectivity index (χ3v) is 2.08. The Hall–Kier alpha value is -1.43. The van der Waals surface area contributed by atoms with Crippen LogP contribution in [-0.4, -0.2) is 50.5 Å². The summed E-state index contributed by atoms with van der Waals surface area (Å²) in [5, 5.41) is 18.8. The Kier molecular flexibility index (Phi) is 1.97. The van der Waals surface area contributed by atoms with Crippen LogP contribution in [0.15, 0.2) is 6.20 Å². The summed E-state index contributed by atoms with van der Waals surface area (Å²) in [5.41, 5.74) is 0.300.